The first-order valence-electron chi connectivity index (χ1n) is 6.71. The van der Waals surface area contributed by atoms with Gasteiger partial charge in [-0.2, -0.15) is 0 Å². The lowest BCUT2D eigenvalue weighted by molar-refractivity contribution is 0.101. The second-order valence-electron chi connectivity index (χ2n) is 4.66. The molecule has 1 aromatic rings. The van der Waals surface area contributed by atoms with Crippen molar-refractivity contribution in [1.29, 1.82) is 0 Å². The van der Waals surface area contributed by atoms with Crippen LogP contribution in [0.3, 0.4) is 0 Å². The molecule has 17 heavy (non-hydrogen) atoms. The number of aromatic nitrogens is 2. The Hall–Kier alpha value is -0.870. The summed E-state index contributed by atoms with van der Waals surface area (Å²) in [5, 5.41) is 3.28. The van der Waals surface area contributed by atoms with E-state index in [4.69, 9.17) is 4.74 Å². The molecular weight excluding hydrogens is 214 g/mol. The van der Waals surface area contributed by atoms with Crippen molar-refractivity contribution in [2.24, 2.45) is 0 Å². The first-order valence-corrected chi connectivity index (χ1v) is 6.71. The van der Waals surface area contributed by atoms with E-state index >= 15 is 0 Å². The summed E-state index contributed by atoms with van der Waals surface area (Å²) >= 11 is 0. The number of nitrogens with one attached hydrogen (secondary N) is 1. The number of imidazole rings is 1. The van der Waals surface area contributed by atoms with Crippen molar-refractivity contribution in [3.63, 3.8) is 0 Å². The van der Waals surface area contributed by atoms with E-state index in [1.165, 1.54) is 25.7 Å². The molecule has 0 spiro atoms. The van der Waals surface area contributed by atoms with Gasteiger partial charge in [0.1, 0.15) is 0 Å². The molecule has 1 fully saturated rings. The van der Waals surface area contributed by atoms with Gasteiger partial charge in [-0.1, -0.05) is 6.92 Å². The molecule has 1 aliphatic heterocycles. The van der Waals surface area contributed by atoms with E-state index in [0.717, 1.165) is 31.9 Å². The fraction of sp³-hybridized carbons (Fsp3) is 0.769. The number of hydrogen-bond donors (Lipinski definition) is 1. The number of ether oxygens (including phenoxy) is 1. The smallest absolute Gasteiger partial charge is 0.0949 e. The van der Waals surface area contributed by atoms with E-state index in [9.17, 15) is 0 Å². The molecule has 2 heterocycles. The Labute approximate surface area is 103 Å². The summed E-state index contributed by atoms with van der Waals surface area (Å²) in [7, 11) is 0. The second kappa shape index (κ2) is 6.77. The highest BCUT2D eigenvalue weighted by atomic mass is 16.5. The van der Waals surface area contributed by atoms with Crippen LogP contribution in [0.1, 0.15) is 38.3 Å². The van der Waals surface area contributed by atoms with Gasteiger partial charge in [0.25, 0.3) is 0 Å². The highest BCUT2D eigenvalue weighted by molar-refractivity contribution is 4.95. The summed E-state index contributed by atoms with van der Waals surface area (Å²) in [6, 6.07) is 0. The molecule has 0 amide bonds. The van der Waals surface area contributed by atoms with E-state index in [2.05, 4.69) is 28.0 Å². The molecule has 1 atom stereocenters. The van der Waals surface area contributed by atoms with Crippen LogP contribution in [0.2, 0.25) is 0 Å². The summed E-state index contributed by atoms with van der Waals surface area (Å²) < 4.78 is 7.80. The van der Waals surface area contributed by atoms with Gasteiger partial charge in [-0.15, -0.1) is 0 Å². The Morgan fingerprint density at radius 1 is 1.59 bits per heavy atom. The first-order chi connectivity index (χ1) is 8.38. The van der Waals surface area contributed by atoms with Gasteiger partial charge in [0.15, 0.2) is 0 Å². The van der Waals surface area contributed by atoms with E-state index in [1.54, 1.807) is 0 Å². The minimum Gasteiger partial charge on any atom is -0.378 e. The average molecular weight is 237 g/mol. The highest BCUT2D eigenvalue weighted by Gasteiger charge is 2.14. The molecule has 4 nitrogen and oxygen atoms in total. The van der Waals surface area contributed by atoms with Crippen LogP contribution in [0.5, 0.6) is 0 Å². The molecule has 1 saturated heterocycles. The van der Waals surface area contributed by atoms with Crippen LogP contribution in [-0.2, 0) is 17.8 Å². The molecule has 1 aromatic heterocycles. The van der Waals surface area contributed by atoms with Gasteiger partial charge in [-0.05, 0) is 32.2 Å². The first kappa shape index (κ1) is 12.6. The van der Waals surface area contributed by atoms with E-state index < -0.39 is 0 Å². The van der Waals surface area contributed by atoms with Crippen LogP contribution in [0.25, 0.3) is 0 Å². The zero-order valence-electron chi connectivity index (χ0n) is 10.7. The van der Waals surface area contributed by atoms with E-state index in [0.29, 0.717) is 6.10 Å². The monoisotopic (exact) mass is 237 g/mol. The minimum absolute atomic E-state index is 0.514. The van der Waals surface area contributed by atoms with Crippen molar-refractivity contribution in [2.75, 3.05) is 13.2 Å². The molecular formula is C13H23N3O. The number of hydrogen-bond acceptors (Lipinski definition) is 3. The summed E-state index contributed by atoms with van der Waals surface area (Å²) in [6.45, 7) is 5.99. The van der Waals surface area contributed by atoms with Crippen LogP contribution in [0, 0.1) is 0 Å². The molecule has 1 N–H and O–H groups in total. The third kappa shape index (κ3) is 4.13. The fourth-order valence-corrected chi connectivity index (χ4v) is 2.25. The number of aryl methyl sites for hydroxylation is 1. The van der Waals surface area contributed by atoms with Crippen LogP contribution < -0.4 is 5.32 Å². The lowest BCUT2D eigenvalue weighted by atomic mass is 10.1. The van der Waals surface area contributed by atoms with Crippen LogP contribution in [0.4, 0.5) is 0 Å². The van der Waals surface area contributed by atoms with Gasteiger partial charge in [0.05, 0.1) is 18.1 Å². The summed E-state index contributed by atoms with van der Waals surface area (Å²) in [5.41, 5.74) is 1.13. The Morgan fingerprint density at radius 3 is 3.29 bits per heavy atom. The van der Waals surface area contributed by atoms with Gasteiger partial charge < -0.3 is 14.6 Å². The predicted molar refractivity (Wildman–Crippen MR) is 67.8 cm³/mol. The van der Waals surface area contributed by atoms with Crippen LogP contribution >= 0.6 is 0 Å². The molecule has 0 aliphatic carbocycles. The summed E-state index contributed by atoms with van der Waals surface area (Å²) in [6.07, 6.45) is 9.43. The van der Waals surface area contributed by atoms with Crippen LogP contribution in [-0.4, -0.2) is 28.8 Å². The molecule has 0 bridgehead atoms. The topological polar surface area (TPSA) is 39.1 Å². The predicted octanol–water partition coefficient (Wildman–Crippen LogP) is 1.95. The third-order valence-electron chi connectivity index (χ3n) is 3.21. The Morgan fingerprint density at radius 2 is 2.53 bits per heavy atom. The quantitative estimate of drug-likeness (QED) is 0.788. The van der Waals surface area contributed by atoms with E-state index in [1.807, 2.05) is 6.33 Å². The van der Waals surface area contributed by atoms with Crippen molar-refractivity contribution in [3.8, 4) is 0 Å². The second-order valence-corrected chi connectivity index (χ2v) is 4.66. The molecule has 2 rings (SSSR count). The molecule has 1 unspecified atom stereocenters. The zero-order valence-corrected chi connectivity index (χ0v) is 10.7. The fourth-order valence-electron chi connectivity index (χ4n) is 2.25. The number of nitrogens with zero attached hydrogens (tertiary/aromatic N) is 2. The van der Waals surface area contributed by atoms with E-state index in [-0.39, 0.29) is 0 Å². The van der Waals surface area contributed by atoms with Crippen molar-refractivity contribution in [1.82, 2.24) is 14.9 Å². The van der Waals surface area contributed by atoms with Crippen molar-refractivity contribution in [2.45, 2.75) is 51.8 Å². The molecule has 96 valence electrons. The Balaban J connectivity index is 1.65. The lowest BCUT2D eigenvalue weighted by Gasteiger charge is -2.08. The minimum atomic E-state index is 0.514. The SMILES string of the molecule is CCNCc1cn(CCCC2CCCO2)cn1. The highest BCUT2D eigenvalue weighted by Crippen LogP contribution is 2.17. The number of rotatable bonds is 7. The van der Waals surface area contributed by atoms with Crippen molar-refractivity contribution in [3.05, 3.63) is 18.2 Å². The average Bonchev–Trinajstić information content (AvgIpc) is 2.98. The maximum atomic E-state index is 5.61. The van der Waals surface area contributed by atoms with Gasteiger partial charge in [-0.3, -0.25) is 0 Å². The van der Waals surface area contributed by atoms with Gasteiger partial charge in [0.2, 0.25) is 0 Å². The summed E-state index contributed by atoms with van der Waals surface area (Å²) in [4.78, 5) is 4.37. The maximum absolute atomic E-state index is 5.61. The Kier molecular flexibility index (Phi) is 5.01. The largest absolute Gasteiger partial charge is 0.378 e. The third-order valence-corrected chi connectivity index (χ3v) is 3.21. The maximum Gasteiger partial charge on any atom is 0.0949 e. The van der Waals surface area contributed by atoms with Gasteiger partial charge >= 0.3 is 0 Å². The van der Waals surface area contributed by atoms with Crippen molar-refractivity contribution < 1.29 is 4.74 Å². The molecule has 4 heteroatoms. The van der Waals surface area contributed by atoms with Gasteiger partial charge in [0, 0.05) is 25.9 Å². The van der Waals surface area contributed by atoms with Crippen molar-refractivity contribution >= 4 is 0 Å². The molecule has 0 aromatic carbocycles. The van der Waals surface area contributed by atoms with Gasteiger partial charge in [-0.25, -0.2) is 4.98 Å². The Bertz CT molecular complexity index is 318. The molecule has 1 aliphatic rings. The molecule has 0 saturated carbocycles. The molecule has 0 radical (unpaired) electrons. The summed E-state index contributed by atoms with van der Waals surface area (Å²) in [5.74, 6) is 0. The normalized spacial score (nSPS) is 19.9. The standard InChI is InChI=1S/C13H23N3O/c1-2-14-9-12-10-16(11-15-12)7-3-5-13-6-4-8-17-13/h10-11,13-14H,2-9H2,1H3. The van der Waals surface area contributed by atoms with Crippen LogP contribution in [0.15, 0.2) is 12.5 Å². The lowest BCUT2D eigenvalue weighted by Crippen LogP contribution is -2.11. The zero-order chi connectivity index (χ0) is 11.9.